The van der Waals surface area contributed by atoms with Crippen LogP contribution >= 0.6 is 0 Å². The van der Waals surface area contributed by atoms with Gasteiger partial charge in [0.25, 0.3) is 5.56 Å². The van der Waals surface area contributed by atoms with Crippen LogP contribution in [0, 0.1) is 0 Å². The zero-order valence-corrected chi connectivity index (χ0v) is 12.2. The van der Waals surface area contributed by atoms with Crippen molar-refractivity contribution < 1.29 is 4.74 Å². The molecule has 22 heavy (non-hydrogen) atoms. The van der Waals surface area contributed by atoms with Gasteiger partial charge in [-0.1, -0.05) is 24.3 Å². The van der Waals surface area contributed by atoms with Gasteiger partial charge in [-0.25, -0.2) is 0 Å². The lowest BCUT2D eigenvalue weighted by Crippen LogP contribution is -2.12. The lowest BCUT2D eigenvalue weighted by Gasteiger charge is -2.07. The maximum Gasteiger partial charge on any atom is 0.263 e. The Labute approximate surface area is 126 Å². The monoisotopic (exact) mass is 299 g/mol. The standard InChI is InChI=1S/C15H17N5O2/c1-2-22-9-11-5-3-10(4-6-11)7-16-15-18-13-12(8-17-20-13)14(21)19-15/h3-6,8H,2,7,9H2,1H3,(H3,16,17,18,19,20,21). The van der Waals surface area contributed by atoms with Gasteiger partial charge in [-0.2, -0.15) is 10.1 Å². The first-order chi connectivity index (χ1) is 10.8. The summed E-state index contributed by atoms with van der Waals surface area (Å²) in [5.41, 5.74) is 2.48. The van der Waals surface area contributed by atoms with Crippen molar-refractivity contribution >= 4 is 17.0 Å². The van der Waals surface area contributed by atoms with E-state index in [2.05, 4.69) is 25.5 Å². The third-order valence-corrected chi connectivity index (χ3v) is 3.28. The van der Waals surface area contributed by atoms with E-state index in [9.17, 15) is 4.79 Å². The fourth-order valence-corrected chi connectivity index (χ4v) is 2.09. The van der Waals surface area contributed by atoms with E-state index in [0.717, 1.165) is 11.1 Å². The Hall–Kier alpha value is -2.67. The molecule has 2 heterocycles. The van der Waals surface area contributed by atoms with E-state index in [1.165, 1.54) is 6.20 Å². The molecule has 3 rings (SSSR count). The van der Waals surface area contributed by atoms with Gasteiger partial charge in [0.15, 0.2) is 5.65 Å². The normalized spacial score (nSPS) is 11.0. The summed E-state index contributed by atoms with van der Waals surface area (Å²) in [4.78, 5) is 18.8. The molecule has 0 amide bonds. The molecule has 0 aliphatic rings. The number of ether oxygens (including phenoxy) is 1. The molecule has 3 N–H and O–H groups in total. The summed E-state index contributed by atoms with van der Waals surface area (Å²) in [5.74, 6) is 0.417. The van der Waals surface area contributed by atoms with Gasteiger partial charge in [0.2, 0.25) is 5.95 Å². The van der Waals surface area contributed by atoms with Gasteiger partial charge >= 0.3 is 0 Å². The quantitative estimate of drug-likeness (QED) is 0.645. The molecular formula is C15H17N5O2. The molecule has 0 radical (unpaired) electrons. The van der Waals surface area contributed by atoms with Crippen molar-refractivity contribution in [3.63, 3.8) is 0 Å². The van der Waals surface area contributed by atoms with E-state index in [-0.39, 0.29) is 5.56 Å². The van der Waals surface area contributed by atoms with Crippen LogP contribution in [0.3, 0.4) is 0 Å². The topological polar surface area (TPSA) is 95.7 Å². The van der Waals surface area contributed by atoms with E-state index in [1.807, 2.05) is 31.2 Å². The Morgan fingerprint density at radius 3 is 2.77 bits per heavy atom. The molecule has 0 bridgehead atoms. The Morgan fingerprint density at radius 1 is 1.23 bits per heavy atom. The molecule has 0 fully saturated rings. The number of aromatic nitrogens is 4. The third kappa shape index (κ3) is 3.15. The van der Waals surface area contributed by atoms with Crippen LogP contribution in [0.2, 0.25) is 0 Å². The molecule has 0 aliphatic heterocycles. The number of fused-ring (bicyclic) bond motifs is 1. The van der Waals surface area contributed by atoms with Crippen molar-refractivity contribution in [3.8, 4) is 0 Å². The summed E-state index contributed by atoms with van der Waals surface area (Å²) < 4.78 is 5.36. The van der Waals surface area contributed by atoms with E-state index in [4.69, 9.17) is 4.74 Å². The smallest absolute Gasteiger partial charge is 0.263 e. The Bertz CT molecular complexity index is 807. The van der Waals surface area contributed by atoms with Crippen LogP contribution in [0.5, 0.6) is 0 Å². The van der Waals surface area contributed by atoms with Crippen LogP contribution in [0.25, 0.3) is 11.0 Å². The fourth-order valence-electron chi connectivity index (χ4n) is 2.09. The highest BCUT2D eigenvalue weighted by molar-refractivity contribution is 5.73. The third-order valence-electron chi connectivity index (χ3n) is 3.28. The fraction of sp³-hybridized carbons (Fsp3) is 0.267. The summed E-state index contributed by atoms with van der Waals surface area (Å²) in [6.07, 6.45) is 1.46. The van der Waals surface area contributed by atoms with Crippen molar-refractivity contribution in [1.82, 2.24) is 20.2 Å². The lowest BCUT2D eigenvalue weighted by molar-refractivity contribution is 0.134. The van der Waals surface area contributed by atoms with E-state index >= 15 is 0 Å². The molecule has 0 spiro atoms. The van der Waals surface area contributed by atoms with Gasteiger partial charge in [0, 0.05) is 13.2 Å². The van der Waals surface area contributed by atoms with Crippen LogP contribution < -0.4 is 10.9 Å². The highest BCUT2D eigenvalue weighted by atomic mass is 16.5. The maximum atomic E-state index is 11.8. The number of H-pyrrole nitrogens is 2. The van der Waals surface area contributed by atoms with E-state index in [0.29, 0.717) is 36.7 Å². The van der Waals surface area contributed by atoms with Crippen molar-refractivity contribution in [2.45, 2.75) is 20.1 Å². The highest BCUT2D eigenvalue weighted by Gasteiger charge is 2.05. The predicted octanol–water partition coefficient (Wildman–Crippen LogP) is 1.79. The van der Waals surface area contributed by atoms with Crippen LogP contribution in [0.15, 0.2) is 35.3 Å². The molecule has 3 aromatic rings. The van der Waals surface area contributed by atoms with Crippen molar-refractivity contribution in [2.75, 3.05) is 11.9 Å². The number of aromatic amines is 2. The summed E-state index contributed by atoms with van der Waals surface area (Å²) in [6, 6.07) is 8.10. The molecule has 0 atom stereocenters. The maximum absolute atomic E-state index is 11.8. The summed E-state index contributed by atoms with van der Waals surface area (Å²) >= 11 is 0. The van der Waals surface area contributed by atoms with Gasteiger partial charge < -0.3 is 10.1 Å². The second-order valence-electron chi connectivity index (χ2n) is 4.85. The average molecular weight is 299 g/mol. The van der Waals surface area contributed by atoms with Crippen molar-refractivity contribution in [3.05, 3.63) is 51.9 Å². The number of hydrogen-bond donors (Lipinski definition) is 3. The van der Waals surface area contributed by atoms with Crippen LogP contribution in [-0.2, 0) is 17.9 Å². The van der Waals surface area contributed by atoms with E-state index < -0.39 is 0 Å². The second-order valence-corrected chi connectivity index (χ2v) is 4.85. The molecule has 114 valence electrons. The van der Waals surface area contributed by atoms with Gasteiger partial charge in [-0.3, -0.25) is 14.9 Å². The zero-order valence-electron chi connectivity index (χ0n) is 12.2. The Balaban J connectivity index is 1.67. The molecule has 0 saturated heterocycles. The van der Waals surface area contributed by atoms with Crippen molar-refractivity contribution in [2.24, 2.45) is 0 Å². The van der Waals surface area contributed by atoms with Gasteiger partial charge in [-0.05, 0) is 18.1 Å². The Kier molecular flexibility index (Phi) is 4.15. The number of anilines is 1. The first kappa shape index (κ1) is 14.3. The largest absolute Gasteiger partial charge is 0.377 e. The Morgan fingerprint density at radius 2 is 2.00 bits per heavy atom. The molecule has 0 aliphatic carbocycles. The molecule has 0 saturated carbocycles. The van der Waals surface area contributed by atoms with Crippen molar-refractivity contribution in [1.29, 1.82) is 0 Å². The number of hydrogen-bond acceptors (Lipinski definition) is 5. The van der Waals surface area contributed by atoms with Crippen LogP contribution in [0.4, 0.5) is 5.95 Å². The molecule has 7 heteroatoms. The number of nitrogens with zero attached hydrogens (tertiary/aromatic N) is 2. The predicted molar refractivity (Wildman–Crippen MR) is 83.6 cm³/mol. The first-order valence-electron chi connectivity index (χ1n) is 7.09. The number of benzene rings is 1. The minimum Gasteiger partial charge on any atom is -0.377 e. The van der Waals surface area contributed by atoms with Gasteiger partial charge in [0.1, 0.15) is 5.39 Å². The highest BCUT2D eigenvalue weighted by Crippen LogP contribution is 2.09. The second kappa shape index (κ2) is 6.40. The van der Waals surface area contributed by atoms with Gasteiger partial charge in [0.05, 0.1) is 12.8 Å². The number of rotatable bonds is 6. The zero-order chi connectivity index (χ0) is 15.4. The van der Waals surface area contributed by atoms with E-state index in [1.54, 1.807) is 0 Å². The molecule has 0 unspecified atom stereocenters. The minimum atomic E-state index is -0.215. The van der Waals surface area contributed by atoms with Crippen LogP contribution in [-0.4, -0.2) is 26.8 Å². The summed E-state index contributed by atoms with van der Waals surface area (Å²) in [5, 5.41) is 10.1. The van der Waals surface area contributed by atoms with Gasteiger partial charge in [-0.15, -0.1) is 0 Å². The number of nitrogens with one attached hydrogen (secondary N) is 3. The molecule has 7 nitrogen and oxygen atoms in total. The lowest BCUT2D eigenvalue weighted by atomic mass is 10.1. The summed E-state index contributed by atoms with van der Waals surface area (Å²) in [7, 11) is 0. The average Bonchev–Trinajstić information content (AvgIpc) is 3.01. The van der Waals surface area contributed by atoms with Crippen LogP contribution in [0.1, 0.15) is 18.1 Å². The molecule has 2 aromatic heterocycles. The molecular weight excluding hydrogens is 282 g/mol. The summed E-state index contributed by atoms with van der Waals surface area (Å²) in [6.45, 7) is 3.87. The SMILES string of the molecule is CCOCc1ccc(CNc2nc3[nH]ncc3c(=O)[nH]2)cc1. The minimum absolute atomic E-state index is 0.215. The molecule has 1 aromatic carbocycles. The first-order valence-corrected chi connectivity index (χ1v) is 7.09.